The highest BCUT2D eigenvalue weighted by Gasteiger charge is 2.31. The molecule has 10 heteroatoms. The van der Waals surface area contributed by atoms with E-state index in [0.717, 1.165) is 4.88 Å². The van der Waals surface area contributed by atoms with Crippen molar-refractivity contribution in [1.29, 1.82) is 5.26 Å². The van der Waals surface area contributed by atoms with E-state index in [9.17, 15) is 13.2 Å². The molecule has 0 bridgehead atoms. The van der Waals surface area contributed by atoms with Gasteiger partial charge in [0.15, 0.2) is 11.5 Å². The molecule has 0 saturated carbocycles. The Labute approximate surface area is 171 Å². The summed E-state index contributed by atoms with van der Waals surface area (Å²) >= 11 is 1.49. The molecule has 0 N–H and O–H groups in total. The molecule has 1 saturated heterocycles. The van der Waals surface area contributed by atoms with Crippen molar-refractivity contribution in [2.24, 2.45) is 0 Å². The summed E-state index contributed by atoms with van der Waals surface area (Å²) in [5.74, 6) is 0.248. The number of nitrogens with zero attached hydrogens (tertiary/aromatic N) is 4. The molecule has 3 heterocycles. The van der Waals surface area contributed by atoms with Crippen molar-refractivity contribution in [3.05, 3.63) is 59.1 Å². The predicted molar refractivity (Wildman–Crippen MR) is 106 cm³/mol. The molecular weight excluding hydrogens is 412 g/mol. The van der Waals surface area contributed by atoms with Crippen LogP contribution in [0.2, 0.25) is 0 Å². The molecule has 0 aliphatic carbocycles. The van der Waals surface area contributed by atoms with Crippen molar-refractivity contribution in [2.45, 2.75) is 4.90 Å². The second-order valence-corrected chi connectivity index (χ2v) is 9.27. The Kier molecular flexibility index (Phi) is 5.19. The molecule has 2 aromatic heterocycles. The number of piperazine rings is 1. The lowest BCUT2D eigenvalue weighted by atomic mass is 10.2. The quantitative estimate of drug-likeness (QED) is 0.632. The first-order valence-corrected chi connectivity index (χ1v) is 11.1. The van der Waals surface area contributed by atoms with E-state index >= 15 is 0 Å². The normalized spacial score (nSPS) is 15.2. The fourth-order valence-electron chi connectivity index (χ4n) is 3.05. The lowest BCUT2D eigenvalue weighted by Gasteiger charge is -2.33. The van der Waals surface area contributed by atoms with Crippen LogP contribution >= 0.6 is 11.3 Å². The average molecular weight is 428 g/mol. The topological polar surface area (TPSA) is 108 Å². The van der Waals surface area contributed by atoms with Crippen LogP contribution < -0.4 is 0 Å². The van der Waals surface area contributed by atoms with Gasteiger partial charge < -0.3 is 9.42 Å². The number of nitriles is 1. The highest BCUT2D eigenvalue weighted by molar-refractivity contribution is 7.89. The number of rotatable bonds is 4. The van der Waals surface area contributed by atoms with Gasteiger partial charge in [-0.25, -0.2) is 8.42 Å². The van der Waals surface area contributed by atoms with E-state index in [1.807, 2.05) is 23.6 Å². The van der Waals surface area contributed by atoms with E-state index in [0.29, 0.717) is 11.3 Å². The maximum atomic E-state index is 12.8. The summed E-state index contributed by atoms with van der Waals surface area (Å²) in [6.07, 6.45) is 0. The van der Waals surface area contributed by atoms with E-state index in [1.54, 1.807) is 11.0 Å². The number of thiophene rings is 1. The zero-order valence-corrected chi connectivity index (χ0v) is 16.8. The number of benzene rings is 1. The number of carbonyl (C=O) groups is 1. The first kappa shape index (κ1) is 19.3. The molecule has 1 aromatic carbocycles. The Bertz CT molecular complexity index is 1150. The van der Waals surface area contributed by atoms with Crippen molar-refractivity contribution >= 4 is 27.3 Å². The van der Waals surface area contributed by atoms with Gasteiger partial charge in [0.2, 0.25) is 10.0 Å². The van der Waals surface area contributed by atoms with Crippen molar-refractivity contribution in [3.8, 4) is 16.7 Å². The molecule has 1 aliphatic heterocycles. The average Bonchev–Trinajstić information content (AvgIpc) is 3.45. The summed E-state index contributed by atoms with van der Waals surface area (Å²) in [4.78, 5) is 15.3. The second-order valence-electron chi connectivity index (χ2n) is 6.39. The molecule has 0 unspecified atom stereocenters. The van der Waals surface area contributed by atoms with Gasteiger partial charge in [0.05, 0.1) is 21.4 Å². The Morgan fingerprint density at radius 3 is 2.48 bits per heavy atom. The number of aromatic nitrogens is 1. The van der Waals surface area contributed by atoms with Gasteiger partial charge in [-0.05, 0) is 35.7 Å². The van der Waals surface area contributed by atoms with Crippen LogP contribution in [-0.4, -0.2) is 54.9 Å². The molecule has 3 aromatic rings. The highest BCUT2D eigenvalue weighted by Crippen LogP contribution is 2.26. The third-order valence-corrected chi connectivity index (χ3v) is 7.44. The molecule has 0 spiro atoms. The van der Waals surface area contributed by atoms with Crippen LogP contribution in [0.3, 0.4) is 0 Å². The third-order valence-electron chi connectivity index (χ3n) is 4.64. The molecular formula is C19H16N4O4S2. The molecule has 148 valence electrons. The maximum Gasteiger partial charge on any atom is 0.276 e. The minimum absolute atomic E-state index is 0.133. The lowest BCUT2D eigenvalue weighted by Crippen LogP contribution is -2.50. The molecule has 8 nitrogen and oxygen atoms in total. The molecule has 0 atom stereocenters. The Balaban J connectivity index is 1.42. The molecule has 1 aliphatic rings. The number of amides is 1. The summed E-state index contributed by atoms with van der Waals surface area (Å²) in [7, 11) is -3.67. The fourth-order valence-corrected chi connectivity index (χ4v) is 5.15. The number of sulfonamides is 1. The zero-order valence-electron chi connectivity index (χ0n) is 15.2. The van der Waals surface area contributed by atoms with Crippen molar-refractivity contribution in [3.63, 3.8) is 0 Å². The van der Waals surface area contributed by atoms with Crippen molar-refractivity contribution < 1.29 is 17.7 Å². The van der Waals surface area contributed by atoms with Gasteiger partial charge in [-0.15, -0.1) is 11.3 Å². The van der Waals surface area contributed by atoms with Gasteiger partial charge in [0.1, 0.15) is 0 Å². The van der Waals surface area contributed by atoms with Crippen LogP contribution in [0.1, 0.15) is 16.1 Å². The van der Waals surface area contributed by atoms with E-state index in [4.69, 9.17) is 9.78 Å². The fraction of sp³-hybridized carbons (Fsp3) is 0.211. The van der Waals surface area contributed by atoms with Gasteiger partial charge in [-0.1, -0.05) is 11.2 Å². The van der Waals surface area contributed by atoms with E-state index in [-0.39, 0.29) is 42.7 Å². The van der Waals surface area contributed by atoms with Gasteiger partial charge >= 0.3 is 0 Å². The minimum atomic E-state index is -3.67. The lowest BCUT2D eigenvalue weighted by molar-refractivity contribution is 0.0687. The first-order valence-electron chi connectivity index (χ1n) is 8.79. The van der Waals surface area contributed by atoms with Crippen LogP contribution in [0, 0.1) is 11.3 Å². The summed E-state index contributed by atoms with van der Waals surface area (Å²) in [6.45, 7) is 0.887. The maximum absolute atomic E-state index is 12.8. The van der Waals surface area contributed by atoms with Crippen LogP contribution in [0.15, 0.2) is 57.3 Å². The smallest absolute Gasteiger partial charge is 0.276 e. The van der Waals surface area contributed by atoms with Crippen LogP contribution in [0.25, 0.3) is 10.6 Å². The standard InChI is InChI=1S/C19H16N4O4S2/c20-13-14-3-5-15(6-4-14)29(25,26)23-9-7-22(8-10-23)19(24)16-12-17(27-21-16)18-2-1-11-28-18/h1-6,11-12H,7-10H2. The van der Waals surface area contributed by atoms with Crippen LogP contribution in [-0.2, 0) is 10.0 Å². The minimum Gasteiger partial charge on any atom is -0.355 e. The highest BCUT2D eigenvalue weighted by atomic mass is 32.2. The Morgan fingerprint density at radius 2 is 1.86 bits per heavy atom. The monoisotopic (exact) mass is 428 g/mol. The Hall–Kier alpha value is -3.00. The first-order chi connectivity index (χ1) is 14.0. The van der Waals surface area contributed by atoms with Crippen LogP contribution in [0.5, 0.6) is 0 Å². The van der Waals surface area contributed by atoms with Crippen molar-refractivity contribution in [2.75, 3.05) is 26.2 Å². The van der Waals surface area contributed by atoms with Gasteiger partial charge in [-0.3, -0.25) is 4.79 Å². The molecule has 0 radical (unpaired) electrons. The Morgan fingerprint density at radius 1 is 1.14 bits per heavy atom. The van der Waals surface area contributed by atoms with Gasteiger partial charge in [-0.2, -0.15) is 9.57 Å². The summed E-state index contributed by atoms with van der Waals surface area (Å²) in [5.41, 5.74) is 0.602. The molecule has 1 amide bonds. The van der Waals surface area contributed by atoms with E-state index in [1.165, 1.54) is 39.9 Å². The molecule has 1 fully saturated rings. The molecule has 4 rings (SSSR count). The summed E-state index contributed by atoms with van der Waals surface area (Å²) in [6, 6.07) is 13.1. The largest absolute Gasteiger partial charge is 0.355 e. The number of hydrogen-bond donors (Lipinski definition) is 0. The predicted octanol–water partition coefficient (Wildman–Crippen LogP) is 2.42. The summed E-state index contributed by atoms with van der Waals surface area (Å²) < 4.78 is 32.2. The molecule has 29 heavy (non-hydrogen) atoms. The van der Waals surface area contributed by atoms with Gasteiger partial charge in [0.25, 0.3) is 5.91 Å². The summed E-state index contributed by atoms with van der Waals surface area (Å²) in [5, 5.41) is 14.6. The van der Waals surface area contributed by atoms with Gasteiger partial charge in [0, 0.05) is 32.2 Å². The van der Waals surface area contributed by atoms with E-state index in [2.05, 4.69) is 5.16 Å². The zero-order chi connectivity index (χ0) is 20.4. The third kappa shape index (κ3) is 3.80. The number of hydrogen-bond acceptors (Lipinski definition) is 7. The second kappa shape index (κ2) is 7.79. The SMILES string of the molecule is N#Cc1ccc(S(=O)(=O)N2CCN(C(=O)c3cc(-c4cccs4)on3)CC2)cc1. The van der Waals surface area contributed by atoms with Crippen molar-refractivity contribution in [1.82, 2.24) is 14.4 Å². The number of carbonyl (C=O) groups excluding carboxylic acids is 1. The van der Waals surface area contributed by atoms with E-state index < -0.39 is 10.0 Å². The van der Waals surface area contributed by atoms with Crippen LogP contribution in [0.4, 0.5) is 0 Å².